The molecule has 1 aliphatic rings. The summed E-state index contributed by atoms with van der Waals surface area (Å²) in [6.07, 6.45) is -2.16. The Balaban J connectivity index is 2.07. The van der Waals surface area contributed by atoms with Crippen LogP contribution in [0.15, 0.2) is 30.5 Å². The van der Waals surface area contributed by atoms with Crippen molar-refractivity contribution in [3.63, 3.8) is 0 Å². The predicted octanol–water partition coefficient (Wildman–Crippen LogP) is 3.16. The van der Waals surface area contributed by atoms with Crippen molar-refractivity contribution < 1.29 is 17.9 Å². The van der Waals surface area contributed by atoms with E-state index in [0.717, 1.165) is 18.1 Å². The van der Waals surface area contributed by atoms with Gasteiger partial charge in [0, 0.05) is 30.3 Å². The van der Waals surface area contributed by atoms with Crippen LogP contribution in [0.4, 0.5) is 13.2 Å². The molecule has 0 fully saturated rings. The zero-order valence-electron chi connectivity index (χ0n) is 11.1. The maximum atomic E-state index is 13.1. The van der Waals surface area contributed by atoms with E-state index < -0.39 is 11.7 Å². The van der Waals surface area contributed by atoms with E-state index in [1.807, 2.05) is 6.07 Å². The van der Waals surface area contributed by atoms with E-state index in [0.29, 0.717) is 23.6 Å². The highest BCUT2D eigenvalue weighted by atomic mass is 19.4. The third-order valence-electron chi connectivity index (χ3n) is 3.50. The lowest BCUT2D eigenvalue weighted by molar-refractivity contribution is -0.138. The number of hydrogen-bond donors (Lipinski definition) is 1. The van der Waals surface area contributed by atoms with Crippen LogP contribution in [0.1, 0.15) is 16.7 Å². The Morgan fingerprint density at radius 3 is 2.71 bits per heavy atom. The SMILES string of the molecule is NCc1ccc(-c2cnc3c(c2)CCO3)cc1C(F)(F)F. The van der Waals surface area contributed by atoms with Crippen LogP contribution >= 0.6 is 0 Å². The number of fused-ring (bicyclic) bond motifs is 1. The highest BCUT2D eigenvalue weighted by molar-refractivity contribution is 5.66. The van der Waals surface area contributed by atoms with Gasteiger partial charge in [0.15, 0.2) is 0 Å². The van der Waals surface area contributed by atoms with Crippen LogP contribution in [0, 0.1) is 0 Å². The van der Waals surface area contributed by atoms with E-state index in [-0.39, 0.29) is 12.1 Å². The average molecular weight is 294 g/mol. The molecule has 3 nitrogen and oxygen atoms in total. The van der Waals surface area contributed by atoms with Crippen LogP contribution in [-0.2, 0) is 19.1 Å². The molecule has 0 atom stereocenters. The molecule has 0 amide bonds. The van der Waals surface area contributed by atoms with Gasteiger partial charge in [0.1, 0.15) is 0 Å². The quantitative estimate of drug-likeness (QED) is 0.925. The molecule has 21 heavy (non-hydrogen) atoms. The van der Waals surface area contributed by atoms with Gasteiger partial charge in [-0.05, 0) is 23.3 Å². The summed E-state index contributed by atoms with van der Waals surface area (Å²) < 4.78 is 44.5. The fourth-order valence-electron chi connectivity index (χ4n) is 2.42. The summed E-state index contributed by atoms with van der Waals surface area (Å²) in [6.45, 7) is 0.414. The van der Waals surface area contributed by atoms with Crippen molar-refractivity contribution in [1.29, 1.82) is 0 Å². The molecular weight excluding hydrogens is 281 g/mol. The molecular formula is C15H13F3N2O. The van der Waals surface area contributed by atoms with Crippen molar-refractivity contribution >= 4 is 0 Å². The van der Waals surface area contributed by atoms with Crippen molar-refractivity contribution in [3.05, 3.63) is 47.2 Å². The Bertz CT molecular complexity index is 683. The van der Waals surface area contributed by atoms with Crippen molar-refractivity contribution in [3.8, 4) is 17.0 Å². The van der Waals surface area contributed by atoms with E-state index >= 15 is 0 Å². The third-order valence-corrected chi connectivity index (χ3v) is 3.50. The Kier molecular flexibility index (Phi) is 3.33. The molecule has 0 radical (unpaired) electrons. The highest BCUT2D eigenvalue weighted by Crippen LogP contribution is 2.35. The number of hydrogen-bond acceptors (Lipinski definition) is 3. The smallest absolute Gasteiger partial charge is 0.416 e. The Hall–Kier alpha value is -2.08. The molecule has 0 saturated heterocycles. The molecule has 1 aromatic carbocycles. The molecule has 0 unspecified atom stereocenters. The minimum absolute atomic E-state index is 0.0868. The fraction of sp³-hybridized carbons (Fsp3) is 0.267. The number of nitrogens with two attached hydrogens (primary N) is 1. The predicted molar refractivity (Wildman–Crippen MR) is 71.8 cm³/mol. The summed E-state index contributed by atoms with van der Waals surface area (Å²) in [5.41, 5.74) is 6.81. The number of nitrogens with zero attached hydrogens (tertiary/aromatic N) is 1. The summed E-state index contributed by atoms with van der Waals surface area (Å²) >= 11 is 0. The van der Waals surface area contributed by atoms with Gasteiger partial charge in [0.25, 0.3) is 0 Å². The van der Waals surface area contributed by atoms with Crippen LogP contribution in [0.2, 0.25) is 0 Å². The highest BCUT2D eigenvalue weighted by Gasteiger charge is 2.33. The van der Waals surface area contributed by atoms with Gasteiger partial charge in [-0.1, -0.05) is 12.1 Å². The van der Waals surface area contributed by atoms with Gasteiger partial charge < -0.3 is 10.5 Å². The lowest BCUT2D eigenvalue weighted by Crippen LogP contribution is -2.12. The zero-order chi connectivity index (χ0) is 15.0. The van der Waals surface area contributed by atoms with Gasteiger partial charge in [-0.2, -0.15) is 13.2 Å². The minimum Gasteiger partial charge on any atom is -0.477 e. The number of pyridine rings is 1. The number of halogens is 3. The first-order valence-corrected chi connectivity index (χ1v) is 6.51. The van der Waals surface area contributed by atoms with Crippen LogP contribution < -0.4 is 10.5 Å². The number of alkyl halides is 3. The standard InChI is InChI=1S/C15H13F3N2O/c16-15(17,18)13-6-9(1-2-11(13)7-19)12-5-10-3-4-21-14(10)20-8-12/h1-2,5-6,8H,3-4,7,19H2. The number of rotatable bonds is 2. The van der Waals surface area contributed by atoms with Crippen LogP contribution in [0.3, 0.4) is 0 Å². The first kappa shape index (κ1) is 13.9. The number of aromatic nitrogens is 1. The van der Waals surface area contributed by atoms with Gasteiger partial charge >= 0.3 is 6.18 Å². The van der Waals surface area contributed by atoms with Crippen molar-refractivity contribution in [2.45, 2.75) is 19.1 Å². The maximum absolute atomic E-state index is 13.1. The summed E-state index contributed by atoms with van der Waals surface area (Å²) in [4.78, 5) is 4.14. The second-order valence-corrected chi connectivity index (χ2v) is 4.86. The first-order valence-electron chi connectivity index (χ1n) is 6.51. The number of benzene rings is 1. The van der Waals surface area contributed by atoms with E-state index in [9.17, 15) is 13.2 Å². The molecule has 2 aromatic rings. The van der Waals surface area contributed by atoms with Crippen LogP contribution in [0.5, 0.6) is 5.88 Å². The van der Waals surface area contributed by atoms with Gasteiger partial charge in [-0.25, -0.2) is 4.98 Å². The third kappa shape index (κ3) is 2.58. The number of ether oxygens (including phenoxy) is 1. The van der Waals surface area contributed by atoms with Crippen molar-refractivity contribution in [1.82, 2.24) is 4.98 Å². The Labute approximate surface area is 119 Å². The molecule has 110 valence electrons. The molecule has 3 rings (SSSR count). The summed E-state index contributed by atoms with van der Waals surface area (Å²) in [6, 6.07) is 6.01. The normalized spacial score (nSPS) is 13.9. The minimum atomic E-state index is -4.42. The van der Waals surface area contributed by atoms with E-state index in [1.165, 1.54) is 12.3 Å². The van der Waals surface area contributed by atoms with Gasteiger partial charge in [0.2, 0.25) is 5.88 Å². The summed E-state index contributed by atoms with van der Waals surface area (Å²) in [7, 11) is 0. The van der Waals surface area contributed by atoms with Crippen molar-refractivity contribution in [2.75, 3.05) is 6.61 Å². The largest absolute Gasteiger partial charge is 0.477 e. The Morgan fingerprint density at radius 2 is 2.00 bits per heavy atom. The molecule has 0 aliphatic carbocycles. The first-order chi connectivity index (χ1) is 9.99. The lowest BCUT2D eigenvalue weighted by Gasteiger charge is -2.13. The van der Waals surface area contributed by atoms with E-state index in [1.54, 1.807) is 6.07 Å². The second kappa shape index (κ2) is 5.04. The molecule has 1 aromatic heterocycles. The molecule has 6 heteroatoms. The van der Waals surface area contributed by atoms with Crippen LogP contribution in [-0.4, -0.2) is 11.6 Å². The summed E-state index contributed by atoms with van der Waals surface area (Å²) in [5, 5.41) is 0. The summed E-state index contributed by atoms with van der Waals surface area (Å²) in [5.74, 6) is 0.563. The van der Waals surface area contributed by atoms with E-state index in [4.69, 9.17) is 10.5 Å². The second-order valence-electron chi connectivity index (χ2n) is 4.86. The van der Waals surface area contributed by atoms with Gasteiger partial charge in [0.05, 0.1) is 12.2 Å². The molecule has 1 aliphatic heterocycles. The molecule has 0 saturated carbocycles. The average Bonchev–Trinajstić information content (AvgIpc) is 2.93. The van der Waals surface area contributed by atoms with Crippen molar-refractivity contribution in [2.24, 2.45) is 5.73 Å². The monoisotopic (exact) mass is 294 g/mol. The molecule has 0 spiro atoms. The van der Waals surface area contributed by atoms with Gasteiger partial charge in [-0.15, -0.1) is 0 Å². The lowest BCUT2D eigenvalue weighted by atomic mass is 9.98. The molecule has 2 N–H and O–H groups in total. The molecule has 0 bridgehead atoms. The zero-order valence-corrected chi connectivity index (χ0v) is 11.1. The van der Waals surface area contributed by atoms with E-state index in [2.05, 4.69) is 4.98 Å². The maximum Gasteiger partial charge on any atom is 0.416 e. The topological polar surface area (TPSA) is 48.1 Å². The van der Waals surface area contributed by atoms with Crippen LogP contribution in [0.25, 0.3) is 11.1 Å². The molecule has 2 heterocycles. The fourth-order valence-corrected chi connectivity index (χ4v) is 2.42. The Morgan fingerprint density at radius 1 is 1.19 bits per heavy atom. The van der Waals surface area contributed by atoms with Gasteiger partial charge in [-0.3, -0.25) is 0 Å².